The third-order valence-corrected chi connectivity index (χ3v) is 3.47. The Bertz CT molecular complexity index is 643. The molecule has 1 unspecified atom stereocenters. The summed E-state index contributed by atoms with van der Waals surface area (Å²) in [6, 6.07) is 10.00. The Morgan fingerprint density at radius 3 is 2.43 bits per heavy atom. The van der Waals surface area contributed by atoms with E-state index in [4.69, 9.17) is 0 Å². The zero-order valence-electron chi connectivity index (χ0n) is 11.1. The van der Waals surface area contributed by atoms with E-state index in [0.29, 0.717) is 15.7 Å². The zero-order chi connectivity index (χ0) is 15.6. The average molecular weight is 360 g/mol. The van der Waals surface area contributed by atoms with E-state index >= 15 is 0 Å². The Balaban J connectivity index is 2.28. The van der Waals surface area contributed by atoms with E-state index in [0.717, 1.165) is 12.1 Å². The monoisotopic (exact) mass is 359 g/mol. The van der Waals surface area contributed by atoms with Crippen molar-refractivity contribution in [3.8, 4) is 5.75 Å². The molecule has 0 fully saturated rings. The first-order valence-electron chi connectivity index (χ1n) is 6.19. The van der Waals surface area contributed by atoms with E-state index in [1.165, 1.54) is 6.07 Å². The maximum atomic E-state index is 12.8. The van der Waals surface area contributed by atoms with Gasteiger partial charge in [0, 0.05) is 15.7 Å². The van der Waals surface area contributed by atoms with Crippen LogP contribution in [-0.2, 0) is 6.18 Å². The molecule has 2 rings (SSSR count). The van der Waals surface area contributed by atoms with Gasteiger partial charge in [0.25, 0.3) is 0 Å². The molecule has 2 aromatic carbocycles. The van der Waals surface area contributed by atoms with Gasteiger partial charge in [0.2, 0.25) is 0 Å². The second-order valence-electron chi connectivity index (χ2n) is 4.65. The Morgan fingerprint density at radius 2 is 1.81 bits per heavy atom. The lowest BCUT2D eigenvalue weighted by Crippen LogP contribution is -2.09. The van der Waals surface area contributed by atoms with E-state index in [-0.39, 0.29) is 11.8 Å². The van der Waals surface area contributed by atoms with Gasteiger partial charge < -0.3 is 10.4 Å². The summed E-state index contributed by atoms with van der Waals surface area (Å²) in [5, 5.41) is 12.7. The van der Waals surface area contributed by atoms with Gasteiger partial charge in [0.15, 0.2) is 0 Å². The maximum absolute atomic E-state index is 12.8. The topological polar surface area (TPSA) is 32.3 Å². The second-order valence-corrected chi connectivity index (χ2v) is 5.57. The van der Waals surface area contributed by atoms with Crippen LogP contribution in [0.25, 0.3) is 0 Å². The van der Waals surface area contributed by atoms with Crippen LogP contribution < -0.4 is 5.32 Å². The highest BCUT2D eigenvalue weighted by molar-refractivity contribution is 9.10. The standard InChI is InChI=1S/C15H13BrF3NO/c1-9(13-4-2-3-5-14(13)21)20-12-7-10(15(17,18)19)6-11(16)8-12/h2-9,20-21H,1H3. The molecule has 0 amide bonds. The van der Waals surface area contributed by atoms with Gasteiger partial charge in [-0.25, -0.2) is 0 Å². The minimum Gasteiger partial charge on any atom is -0.508 e. The van der Waals surface area contributed by atoms with Crippen molar-refractivity contribution >= 4 is 21.6 Å². The molecule has 2 nitrogen and oxygen atoms in total. The molecule has 0 spiro atoms. The number of halogens is 4. The predicted molar refractivity (Wildman–Crippen MR) is 79.3 cm³/mol. The molecular formula is C15H13BrF3NO. The van der Waals surface area contributed by atoms with Gasteiger partial charge in [-0.1, -0.05) is 34.1 Å². The molecule has 0 aromatic heterocycles. The van der Waals surface area contributed by atoms with Crippen LogP contribution in [0.15, 0.2) is 46.9 Å². The summed E-state index contributed by atoms with van der Waals surface area (Å²) < 4.78 is 38.7. The van der Waals surface area contributed by atoms with Gasteiger partial charge in [0.1, 0.15) is 5.75 Å². The molecule has 0 aliphatic rings. The molecule has 0 aliphatic heterocycles. The molecule has 0 saturated heterocycles. The van der Waals surface area contributed by atoms with Crippen molar-refractivity contribution in [2.45, 2.75) is 19.1 Å². The van der Waals surface area contributed by atoms with E-state index in [9.17, 15) is 18.3 Å². The molecule has 21 heavy (non-hydrogen) atoms. The van der Waals surface area contributed by atoms with Crippen molar-refractivity contribution in [2.75, 3.05) is 5.32 Å². The molecule has 0 heterocycles. The Kier molecular flexibility index (Phi) is 4.46. The minimum atomic E-state index is -4.40. The molecule has 1 atom stereocenters. The number of hydrogen-bond acceptors (Lipinski definition) is 2. The second kappa shape index (κ2) is 5.97. The van der Waals surface area contributed by atoms with Gasteiger partial charge in [-0.15, -0.1) is 0 Å². The van der Waals surface area contributed by atoms with E-state index in [1.807, 2.05) is 0 Å². The largest absolute Gasteiger partial charge is 0.508 e. The van der Waals surface area contributed by atoms with E-state index in [2.05, 4.69) is 21.2 Å². The van der Waals surface area contributed by atoms with Crippen molar-refractivity contribution in [2.24, 2.45) is 0 Å². The van der Waals surface area contributed by atoms with Crippen molar-refractivity contribution in [1.29, 1.82) is 0 Å². The SMILES string of the molecule is CC(Nc1cc(Br)cc(C(F)(F)F)c1)c1ccccc1O. The number of hydrogen-bond donors (Lipinski definition) is 2. The molecule has 0 saturated carbocycles. The van der Waals surface area contributed by atoms with Crippen molar-refractivity contribution in [3.63, 3.8) is 0 Å². The van der Waals surface area contributed by atoms with Gasteiger partial charge in [-0.05, 0) is 31.2 Å². The van der Waals surface area contributed by atoms with Gasteiger partial charge in [-0.3, -0.25) is 0 Å². The van der Waals surface area contributed by atoms with Gasteiger partial charge in [0.05, 0.1) is 11.6 Å². The number of aromatic hydroxyl groups is 1. The Labute approximate surface area is 128 Å². The first kappa shape index (κ1) is 15.7. The van der Waals surface area contributed by atoms with Gasteiger partial charge >= 0.3 is 6.18 Å². The fourth-order valence-corrected chi connectivity index (χ4v) is 2.51. The van der Waals surface area contributed by atoms with Crippen LogP contribution in [-0.4, -0.2) is 5.11 Å². The van der Waals surface area contributed by atoms with Crippen molar-refractivity contribution in [3.05, 3.63) is 58.1 Å². The number of rotatable bonds is 3. The van der Waals surface area contributed by atoms with Crippen LogP contribution in [0.1, 0.15) is 24.1 Å². The summed E-state index contributed by atoms with van der Waals surface area (Å²) in [4.78, 5) is 0. The number of phenols is 1. The van der Waals surface area contributed by atoms with Crippen LogP contribution in [0.3, 0.4) is 0 Å². The quantitative estimate of drug-likeness (QED) is 0.774. The van der Waals surface area contributed by atoms with Crippen LogP contribution >= 0.6 is 15.9 Å². The van der Waals surface area contributed by atoms with Crippen LogP contribution in [0.2, 0.25) is 0 Å². The number of para-hydroxylation sites is 1. The lowest BCUT2D eigenvalue weighted by atomic mass is 10.1. The first-order valence-corrected chi connectivity index (χ1v) is 6.99. The van der Waals surface area contributed by atoms with E-state index < -0.39 is 11.7 Å². The third-order valence-electron chi connectivity index (χ3n) is 3.01. The highest BCUT2D eigenvalue weighted by Crippen LogP contribution is 2.35. The number of nitrogens with one attached hydrogen (secondary N) is 1. The molecule has 0 radical (unpaired) electrons. The highest BCUT2D eigenvalue weighted by atomic mass is 79.9. The summed E-state index contributed by atoms with van der Waals surface area (Å²) in [6.45, 7) is 1.77. The van der Waals surface area contributed by atoms with Crippen LogP contribution in [0.5, 0.6) is 5.75 Å². The molecule has 2 N–H and O–H groups in total. The summed E-state index contributed by atoms with van der Waals surface area (Å²) in [7, 11) is 0. The summed E-state index contributed by atoms with van der Waals surface area (Å²) in [5.74, 6) is 0.101. The molecule has 2 aromatic rings. The minimum absolute atomic E-state index is 0.101. The maximum Gasteiger partial charge on any atom is 0.416 e. The Hall–Kier alpha value is -1.69. The van der Waals surface area contributed by atoms with Crippen LogP contribution in [0, 0.1) is 0 Å². The lowest BCUT2D eigenvalue weighted by molar-refractivity contribution is -0.137. The predicted octanol–water partition coefficient (Wildman–Crippen LogP) is 5.35. The average Bonchev–Trinajstić information content (AvgIpc) is 2.37. The van der Waals surface area contributed by atoms with Crippen LogP contribution in [0.4, 0.5) is 18.9 Å². The normalized spacial score (nSPS) is 13.0. The molecule has 0 aliphatic carbocycles. The smallest absolute Gasteiger partial charge is 0.416 e. The summed E-state index contributed by atoms with van der Waals surface area (Å²) >= 11 is 3.08. The van der Waals surface area contributed by atoms with Crippen molar-refractivity contribution in [1.82, 2.24) is 0 Å². The van der Waals surface area contributed by atoms with Gasteiger partial charge in [-0.2, -0.15) is 13.2 Å². The van der Waals surface area contributed by atoms with Crippen molar-refractivity contribution < 1.29 is 18.3 Å². The Morgan fingerprint density at radius 1 is 1.14 bits per heavy atom. The van der Waals surface area contributed by atoms with E-state index in [1.54, 1.807) is 31.2 Å². The molecular weight excluding hydrogens is 347 g/mol. The third kappa shape index (κ3) is 3.91. The first-order chi connectivity index (χ1) is 9.77. The molecule has 6 heteroatoms. The zero-order valence-corrected chi connectivity index (χ0v) is 12.7. The number of anilines is 1. The molecule has 112 valence electrons. The number of phenolic OH excluding ortho intramolecular Hbond substituents is 1. The lowest BCUT2D eigenvalue weighted by Gasteiger charge is -2.18. The summed E-state index contributed by atoms with van der Waals surface area (Å²) in [6.07, 6.45) is -4.40. The fraction of sp³-hybridized carbons (Fsp3) is 0.200. The highest BCUT2D eigenvalue weighted by Gasteiger charge is 2.31. The number of benzene rings is 2. The summed E-state index contributed by atoms with van der Waals surface area (Å²) in [5.41, 5.74) is 0.211. The molecule has 0 bridgehead atoms. The number of alkyl halides is 3. The fourth-order valence-electron chi connectivity index (χ4n) is 2.02.